The summed E-state index contributed by atoms with van der Waals surface area (Å²) >= 11 is 0. The summed E-state index contributed by atoms with van der Waals surface area (Å²) in [6, 6.07) is 0. The number of aliphatic hydroxyl groups is 1. The van der Waals surface area contributed by atoms with Crippen LogP contribution in [0.5, 0.6) is 0 Å². The van der Waals surface area contributed by atoms with E-state index < -0.39 is 97.5 Å². The minimum absolute atomic E-state index is 0.106. The molecular weight excluding hydrogens is 1190 g/mol. The minimum Gasteiger partial charge on any atom is -0.462 e. The number of ether oxygens (including phenoxy) is 4. The van der Waals surface area contributed by atoms with Gasteiger partial charge in [-0.2, -0.15) is 0 Å². The maximum Gasteiger partial charge on any atom is 0.472 e. The number of unbranched alkanes of at least 4 members (excludes halogenated alkanes) is 46. The van der Waals surface area contributed by atoms with Crippen LogP contribution < -0.4 is 0 Å². The van der Waals surface area contributed by atoms with Gasteiger partial charge in [0.25, 0.3) is 0 Å². The van der Waals surface area contributed by atoms with Gasteiger partial charge in [-0.15, -0.1) is 0 Å². The average Bonchev–Trinajstić information content (AvgIpc) is 3.73. The predicted octanol–water partition coefficient (Wildman–Crippen LogP) is 20.7. The monoisotopic (exact) mass is 1320 g/mol. The van der Waals surface area contributed by atoms with Gasteiger partial charge in [-0.05, 0) is 25.7 Å². The van der Waals surface area contributed by atoms with Crippen molar-refractivity contribution in [2.75, 3.05) is 39.6 Å². The third kappa shape index (κ3) is 64.8. The molecule has 0 aliphatic heterocycles. The lowest BCUT2D eigenvalue weighted by Crippen LogP contribution is -2.30. The molecule has 0 aromatic carbocycles. The molecule has 2 unspecified atom stereocenters. The third-order valence-corrected chi connectivity index (χ3v) is 18.5. The van der Waals surface area contributed by atoms with Crippen LogP contribution in [0.1, 0.15) is 374 Å². The Morgan fingerprint density at radius 1 is 0.267 bits per heavy atom. The van der Waals surface area contributed by atoms with E-state index in [1.165, 1.54) is 199 Å². The minimum atomic E-state index is -4.95. The molecule has 0 aromatic heterocycles. The Bertz CT molecular complexity index is 1720. The summed E-state index contributed by atoms with van der Waals surface area (Å²) in [7, 11) is -9.89. The van der Waals surface area contributed by atoms with Gasteiger partial charge in [-0.1, -0.05) is 323 Å². The zero-order valence-corrected chi connectivity index (χ0v) is 59.9. The Morgan fingerprint density at radius 3 is 0.656 bits per heavy atom. The Labute approximate surface area is 549 Å². The van der Waals surface area contributed by atoms with E-state index >= 15 is 0 Å². The van der Waals surface area contributed by atoms with Crippen molar-refractivity contribution in [3.8, 4) is 0 Å². The number of phosphoric acid groups is 2. The molecule has 0 spiro atoms. The van der Waals surface area contributed by atoms with Crippen LogP contribution in [-0.4, -0.2) is 96.7 Å². The summed E-state index contributed by atoms with van der Waals surface area (Å²) in [5.74, 6) is -2.13. The Morgan fingerprint density at radius 2 is 0.444 bits per heavy atom. The normalized spacial score (nSPS) is 14.0. The number of carbonyl (C=O) groups excluding carboxylic acids is 4. The number of aliphatic hydroxyl groups excluding tert-OH is 1. The standard InChI is InChI=1S/C71H138O17P2/c1-5-9-13-17-21-25-27-28-29-30-31-32-33-34-35-36-37-39-42-46-50-54-58-71(76)88-67(62-82-69(74)56-52-48-44-41-38-26-22-18-14-10-6-2)64-86-90(79,80)84-60-65(72)59-83-89(77,78)85-63-66(61-81-68(73)55-51-47-43-24-20-16-12-8-4)87-70(75)57-53-49-45-40-23-19-15-11-7-3/h65-67,72H,5-64H2,1-4H3,(H,77,78)(H,79,80)/t65-,66+,67+/m0/s1. The lowest BCUT2D eigenvalue weighted by Gasteiger charge is -2.21. The maximum atomic E-state index is 13.0. The van der Waals surface area contributed by atoms with Crippen LogP contribution in [0.15, 0.2) is 0 Å². The second-order valence-corrected chi connectivity index (χ2v) is 28.5. The van der Waals surface area contributed by atoms with E-state index in [9.17, 15) is 43.2 Å². The van der Waals surface area contributed by atoms with E-state index in [1.54, 1.807) is 0 Å². The highest BCUT2D eigenvalue weighted by atomic mass is 31.2. The van der Waals surface area contributed by atoms with E-state index in [2.05, 4.69) is 27.7 Å². The van der Waals surface area contributed by atoms with Gasteiger partial charge in [0.1, 0.15) is 19.3 Å². The summed E-state index contributed by atoms with van der Waals surface area (Å²) in [6.07, 6.45) is 54.4. The SMILES string of the molecule is CCCCCCCCCCCCCCCCCCCCCCCCC(=O)O[C@H](COC(=O)CCCCCCCCCCCCC)COP(=O)(O)OC[C@@H](O)COP(=O)(O)OC[C@@H](COC(=O)CCCCCCCCCC)OC(=O)CCCCCCCCCCC. The van der Waals surface area contributed by atoms with Crippen molar-refractivity contribution in [2.45, 2.75) is 393 Å². The highest BCUT2D eigenvalue weighted by Gasteiger charge is 2.30. The second kappa shape index (κ2) is 65.7. The molecule has 0 saturated carbocycles. The van der Waals surface area contributed by atoms with E-state index in [1.807, 2.05) is 0 Å². The number of phosphoric ester groups is 2. The molecule has 19 heteroatoms. The number of rotatable bonds is 72. The molecule has 0 fully saturated rings. The van der Waals surface area contributed by atoms with Gasteiger partial charge in [0.15, 0.2) is 12.2 Å². The lowest BCUT2D eigenvalue weighted by molar-refractivity contribution is -0.161. The van der Waals surface area contributed by atoms with Crippen molar-refractivity contribution in [1.82, 2.24) is 0 Å². The van der Waals surface area contributed by atoms with Crippen molar-refractivity contribution in [1.29, 1.82) is 0 Å². The summed E-state index contributed by atoms with van der Waals surface area (Å²) in [5, 5.41) is 10.6. The highest BCUT2D eigenvalue weighted by molar-refractivity contribution is 7.47. The first-order chi connectivity index (χ1) is 43.7. The van der Waals surface area contributed by atoms with Crippen LogP contribution in [-0.2, 0) is 65.4 Å². The van der Waals surface area contributed by atoms with E-state index in [0.717, 1.165) is 96.3 Å². The average molecular weight is 1330 g/mol. The topological polar surface area (TPSA) is 237 Å². The molecule has 0 amide bonds. The fraction of sp³-hybridized carbons (Fsp3) is 0.944. The molecule has 3 N–H and O–H groups in total. The summed E-state index contributed by atoms with van der Waals surface area (Å²) < 4.78 is 68.1. The predicted molar refractivity (Wildman–Crippen MR) is 363 cm³/mol. The summed E-state index contributed by atoms with van der Waals surface area (Å²) in [4.78, 5) is 72.3. The highest BCUT2D eigenvalue weighted by Crippen LogP contribution is 2.45. The van der Waals surface area contributed by atoms with Crippen LogP contribution >= 0.6 is 15.6 Å². The van der Waals surface area contributed by atoms with Crippen LogP contribution in [0.2, 0.25) is 0 Å². The van der Waals surface area contributed by atoms with Crippen LogP contribution in [0.25, 0.3) is 0 Å². The number of hydrogen-bond donors (Lipinski definition) is 3. The first-order valence-electron chi connectivity index (χ1n) is 37.3. The summed E-state index contributed by atoms with van der Waals surface area (Å²) in [5.41, 5.74) is 0. The molecular formula is C71H138O17P2. The van der Waals surface area contributed by atoms with Gasteiger partial charge in [-0.25, -0.2) is 9.13 Å². The van der Waals surface area contributed by atoms with Crippen LogP contribution in [0, 0.1) is 0 Å². The van der Waals surface area contributed by atoms with E-state index in [4.69, 9.17) is 37.0 Å². The van der Waals surface area contributed by atoms with Crippen molar-refractivity contribution in [3.05, 3.63) is 0 Å². The third-order valence-electron chi connectivity index (χ3n) is 16.6. The molecule has 0 aliphatic carbocycles. The smallest absolute Gasteiger partial charge is 0.462 e. The van der Waals surface area contributed by atoms with Crippen molar-refractivity contribution in [2.24, 2.45) is 0 Å². The molecule has 0 saturated heterocycles. The van der Waals surface area contributed by atoms with Gasteiger partial charge in [0.05, 0.1) is 26.4 Å². The van der Waals surface area contributed by atoms with Crippen molar-refractivity contribution >= 4 is 39.5 Å². The lowest BCUT2D eigenvalue weighted by atomic mass is 10.0. The Hall–Kier alpha value is -1.94. The molecule has 0 radical (unpaired) electrons. The Kier molecular flexibility index (Phi) is 64.3. The fourth-order valence-corrected chi connectivity index (χ4v) is 12.4. The largest absolute Gasteiger partial charge is 0.472 e. The first kappa shape index (κ1) is 88.1. The van der Waals surface area contributed by atoms with E-state index in [-0.39, 0.29) is 25.7 Å². The second-order valence-electron chi connectivity index (χ2n) is 25.6. The Balaban J connectivity index is 5.10. The molecule has 534 valence electrons. The molecule has 5 atom stereocenters. The molecule has 0 rings (SSSR count). The van der Waals surface area contributed by atoms with Gasteiger partial charge < -0.3 is 33.8 Å². The van der Waals surface area contributed by atoms with Gasteiger partial charge in [0.2, 0.25) is 0 Å². The van der Waals surface area contributed by atoms with Crippen molar-refractivity contribution in [3.63, 3.8) is 0 Å². The van der Waals surface area contributed by atoms with Crippen molar-refractivity contribution < 1.29 is 80.2 Å². The van der Waals surface area contributed by atoms with Crippen LogP contribution in [0.4, 0.5) is 0 Å². The molecule has 90 heavy (non-hydrogen) atoms. The van der Waals surface area contributed by atoms with E-state index in [0.29, 0.717) is 25.7 Å². The quantitative estimate of drug-likeness (QED) is 0.0222. The summed E-state index contributed by atoms with van der Waals surface area (Å²) in [6.45, 7) is 4.89. The maximum absolute atomic E-state index is 13.0. The molecule has 17 nitrogen and oxygen atoms in total. The molecule has 0 aromatic rings. The molecule has 0 heterocycles. The first-order valence-corrected chi connectivity index (χ1v) is 40.3. The van der Waals surface area contributed by atoms with Gasteiger partial charge >= 0.3 is 39.5 Å². The fourth-order valence-electron chi connectivity index (χ4n) is 10.9. The zero-order valence-electron chi connectivity index (χ0n) is 58.1. The zero-order chi connectivity index (χ0) is 66.1. The number of carbonyl (C=O) groups is 4. The van der Waals surface area contributed by atoms with Crippen LogP contribution in [0.3, 0.4) is 0 Å². The number of esters is 4. The molecule has 0 bridgehead atoms. The number of hydrogen-bond acceptors (Lipinski definition) is 15. The van der Waals surface area contributed by atoms with Gasteiger partial charge in [0, 0.05) is 25.7 Å². The molecule has 0 aliphatic rings. The van der Waals surface area contributed by atoms with Gasteiger partial charge in [-0.3, -0.25) is 37.3 Å².